The average Bonchev–Trinajstić information content (AvgIpc) is 3.17. The minimum atomic E-state index is -3.66. The van der Waals surface area contributed by atoms with E-state index in [2.05, 4.69) is 39.9 Å². The van der Waals surface area contributed by atoms with E-state index in [-0.39, 0.29) is 0 Å². The van der Waals surface area contributed by atoms with E-state index < -0.39 is 13.0 Å². The summed E-state index contributed by atoms with van der Waals surface area (Å²) in [7, 11) is 0. The van der Waals surface area contributed by atoms with Crippen molar-refractivity contribution in [3.05, 3.63) is 0 Å². The molecule has 0 aliphatic carbocycles. The van der Waals surface area contributed by atoms with Crippen molar-refractivity contribution in [3.8, 4) is 0 Å². The van der Waals surface area contributed by atoms with Gasteiger partial charge in [-0.25, -0.2) is 0 Å². The summed E-state index contributed by atoms with van der Waals surface area (Å²) in [4.78, 5) is 31.2. The van der Waals surface area contributed by atoms with E-state index in [1.165, 1.54) is 205 Å². The van der Waals surface area contributed by atoms with Gasteiger partial charge in [0.05, 0.1) is 13.2 Å². The molecule has 0 unspecified atom stereocenters. The first-order chi connectivity index (χ1) is 27.5. The van der Waals surface area contributed by atoms with Gasteiger partial charge in [0, 0.05) is 0 Å². The van der Waals surface area contributed by atoms with Crippen LogP contribution in [0.25, 0.3) is 0 Å². The SMILES string of the molecule is CCCCCCCCCCCCOP(O)(=S)OCCCCCCCCCCCC.CCCCCCCCCCCCP(O)(O)(S)CCCCCCCCCCCC. The molecule has 0 atom stereocenters. The summed E-state index contributed by atoms with van der Waals surface area (Å²) in [6.45, 7) is 7.09. The maximum absolute atomic E-state index is 10.6. The standard InChI is InChI=1S/C24H51O3PS.C24H53O2PS/c1-3-5-7-9-11-13-15-17-19-21-23-26-28(25,29)27-24-22-20-18-16-14-12-10-8-6-4-2;1-3-5-7-9-11-13-15-17-19-21-23-27(25,26,28)24-22-20-18-16-14-12-10-8-6-4-2/h3-24H2,1-2H3,(H,25,29);25-26,28H,3-24H2,1-2H3. The van der Waals surface area contributed by atoms with Crippen molar-refractivity contribution < 1.29 is 23.7 Å². The van der Waals surface area contributed by atoms with Crippen molar-refractivity contribution in [2.24, 2.45) is 0 Å². The summed E-state index contributed by atoms with van der Waals surface area (Å²) >= 11 is 9.47. The number of rotatable bonds is 46. The van der Waals surface area contributed by atoms with Crippen LogP contribution in [0.5, 0.6) is 0 Å². The molecule has 0 aliphatic heterocycles. The molecule has 0 aromatic carbocycles. The van der Waals surface area contributed by atoms with Gasteiger partial charge in [-0.05, 0) is 24.6 Å². The summed E-state index contributed by atoms with van der Waals surface area (Å²) < 4.78 is 10.9. The fourth-order valence-electron chi connectivity index (χ4n) is 7.53. The van der Waals surface area contributed by atoms with E-state index in [0.717, 1.165) is 51.4 Å². The molecule has 0 fully saturated rings. The Labute approximate surface area is 369 Å². The second-order valence-corrected chi connectivity index (χ2v) is 26.8. The fraction of sp³-hybridized carbons (Fsp3) is 1.00. The van der Waals surface area contributed by atoms with Crippen molar-refractivity contribution in [2.45, 2.75) is 285 Å². The van der Waals surface area contributed by atoms with Gasteiger partial charge in [-0.1, -0.05) is 129 Å². The molecule has 0 aliphatic rings. The van der Waals surface area contributed by atoms with E-state index in [1.807, 2.05) is 0 Å². The monoisotopic (exact) mass is 887 g/mol. The Hall–Kier alpha value is 1.23. The van der Waals surface area contributed by atoms with Gasteiger partial charge in [0.15, 0.2) is 0 Å². The second-order valence-electron chi connectivity index (χ2n) is 17.7. The normalized spacial score (nSPS) is 12.7. The molecule has 0 radical (unpaired) electrons. The minimum absolute atomic E-state index is 0.517. The van der Waals surface area contributed by atoms with Gasteiger partial charge in [-0.15, -0.1) is 0 Å². The molecule has 5 nitrogen and oxygen atoms in total. The molecule has 0 aromatic rings. The van der Waals surface area contributed by atoms with E-state index in [4.69, 9.17) is 20.9 Å². The molecule has 0 spiro atoms. The number of thiol groups is 1. The van der Waals surface area contributed by atoms with Crippen molar-refractivity contribution >= 4 is 37.0 Å². The molecule has 0 heterocycles. The van der Waals surface area contributed by atoms with Gasteiger partial charge >= 0.3 is 190 Å². The van der Waals surface area contributed by atoms with Crippen LogP contribution in [-0.2, 0) is 20.9 Å². The third-order valence-electron chi connectivity index (χ3n) is 11.4. The van der Waals surface area contributed by atoms with E-state index in [9.17, 15) is 14.7 Å². The average molecular weight is 887 g/mol. The second kappa shape index (κ2) is 45.3. The van der Waals surface area contributed by atoms with E-state index in [0.29, 0.717) is 25.5 Å². The molecule has 9 heteroatoms. The van der Waals surface area contributed by atoms with Gasteiger partial charge in [-0.2, -0.15) is 0 Å². The topological polar surface area (TPSA) is 79.2 Å². The Morgan fingerprint density at radius 1 is 0.351 bits per heavy atom. The molecule has 3 N–H and O–H groups in total. The van der Waals surface area contributed by atoms with Crippen LogP contribution in [0.2, 0.25) is 0 Å². The van der Waals surface area contributed by atoms with Crippen LogP contribution in [0.1, 0.15) is 285 Å². The molecular weight excluding hydrogens is 783 g/mol. The molecule has 0 amide bonds. The van der Waals surface area contributed by atoms with Gasteiger partial charge < -0.3 is 13.9 Å². The zero-order chi connectivity index (χ0) is 42.5. The van der Waals surface area contributed by atoms with Crippen LogP contribution in [-0.4, -0.2) is 40.2 Å². The molecule has 0 aromatic heterocycles. The van der Waals surface area contributed by atoms with Crippen LogP contribution >= 0.6 is 25.2 Å². The molecule has 0 saturated carbocycles. The predicted molar refractivity (Wildman–Crippen MR) is 266 cm³/mol. The molecule has 0 saturated heterocycles. The molecule has 348 valence electrons. The first-order valence-corrected chi connectivity index (χ1v) is 31.6. The van der Waals surface area contributed by atoms with Gasteiger partial charge in [-0.3, -0.25) is 0 Å². The number of hydrogen-bond donors (Lipinski definition) is 4. The zero-order valence-electron chi connectivity index (χ0n) is 39.0. The van der Waals surface area contributed by atoms with Gasteiger partial charge in [0.1, 0.15) is 0 Å². The maximum atomic E-state index is 10.6. The molecule has 0 rings (SSSR count). The van der Waals surface area contributed by atoms with Crippen molar-refractivity contribution in [1.82, 2.24) is 0 Å². The Kier molecular flexibility index (Phi) is 47.9. The summed E-state index contributed by atoms with van der Waals surface area (Å²) in [5.74, 6) is 0. The zero-order valence-corrected chi connectivity index (χ0v) is 42.5. The third kappa shape index (κ3) is 53.3. The first kappa shape index (κ1) is 60.3. The summed E-state index contributed by atoms with van der Waals surface area (Å²) in [5, 5.41) is 0. The van der Waals surface area contributed by atoms with E-state index >= 15 is 0 Å². The van der Waals surface area contributed by atoms with Crippen LogP contribution in [0.3, 0.4) is 0 Å². The van der Waals surface area contributed by atoms with Crippen molar-refractivity contribution in [2.75, 3.05) is 25.5 Å². The van der Waals surface area contributed by atoms with Gasteiger partial charge in [0.2, 0.25) is 0 Å². The van der Waals surface area contributed by atoms with Gasteiger partial charge in [0.25, 0.3) is 0 Å². The Bertz CT molecular complexity index is 768. The summed E-state index contributed by atoms with van der Waals surface area (Å²) in [5.41, 5.74) is 0. The molecule has 57 heavy (non-hydrogen) atoms. The quantitative estimate of drug-likeness (QED) is 0.0277. The van der Waals surface area contributed by atoms with Crippen LogP contribution in [0.15, 0.2) is 0 Å². The Morgan fingerprint density at radius 3 is 0.737 bits per heavy atom. The predicted octanol–water partition coefficient (Wildman–Crippen LogP) is 18.1. The Balaban J connectivity index is 0. The fourth-order valence-corrected chi connectivity index (χ4v) is 11.6. The third-order valence-corrected chi connectivity index (χ3v) is 16.8. The summed E-state index contributed by atoms with van der Waals surface area (Å²) in [6, 6.07) is 0. The summed E-state index contributed by atoms with van der Waals surface area (Å²) in [6.07, 6.45) is 48.6. The van der Waals surface area contributed by atoms with Crippen LogP contribution < -0.4 is 0 Å². The molecule has 0 bridgehead atoms. The van der Waals surface area contributed by atoms with Crippen LogP contribution in [0.4, 0.5) is 0 Å². The van der Waals surface area contributed by atoms with Crippen molar-refractivity contribution in [1.29, 1.82) is 0 Å². The first-order valence-electron chi connectivity index (χ1n) is 25.4. The number of hydrogen-bond acceptors (Lipinski definition) is 6. The Morgan fingerprint density at radius 2 is 0.526 bits per heavy atom. The molecular formula is C48H104O5P2S2. The van der Waals surface area contributed by atoms with E-state index in [1.54, 1.807) is 0 Å². The van der Waals surface area contributed by atoms with Crippen LogP contribution in [0, 0.1) is 0 Å². The number of unbranched alkanes of at least 4 members (excludes halogenated alkanes) is 36. The van der Waals surface area contributed by atoms with Crippen molar-refractivity contribution in [3.63, 3.8) is 0 Å².